The van der Waals surface area contributed by atoms with Gasteiger partial charge in [-0.3, -0.25) is 0 Å². The minimum Gasteiger partial charge on any atom is -0.380 e. The number of rotatable bonds is 3. The van der Waals surface area contributed by atoms with Crippen LogP contribution >= 0.6 is 31.9 Å². The molecule has 0 amide bonds. The molecule has 0 saturated carbocycles. The molecule has 0 atom stereocenters. The Balaban J connectivity index is 2.24. The maximum atomic E-state index is 13.8. The lowest BCUT2D eigenvalue weighted by Crippen LogP contribution is -2.06. The molecule has 5 heteroatoms. The first-order chi connectivity index (χ1) is 9.00. The van der Waals surface area contributed by atoms with E-state index in [4.69, 9.17) is 0 Å². The van der Waals surface area contributed by atoms with Crippen LogP contribution < -0.4 is 5.32 Å². The van der Waals surface area contributed by atoms with Crippen LogP contribution in [0.25, 0.3) is 0 Å². The van der Waals surface area contributed by atoms with E-state index >= 15 is 0 Å². The average molecular weight is 391 g/mol. The highest BCUT2D eigenvalue weighted by atomic mass is 79.9. The molecular formula is C14H11Br2F2N. The van der Waals surface area contributed by atoms with Gasteiger partial charge in [0, 0.05) is 22.3 Å². The van der Waals surface area contributed by atoms with Crippen LogP contribution in [0.3, 0.4) is 0 Å². The molecule has 0 bridgehead atoms. The lowest BCUT2D eigenvalue weighted by molar-refractivity contribution is 0.555. The summed E-state index contributed by atoms with van der Waals surface area (Å²) in [5.41, 5.74) is 1.86. The smallest absolute Gasteiger partial charge is 0.145 e. The minimum absolute atomic E-state index is 0.0220. The first-order valence-corrected chi connectivity index (χ1v) is 7.20. The summed E-state index contributed by atoms with van der Waals surface area (Å²) in [5.74, 6) is -1.12. The van der Waals surface area contributed by atoms with Crippen LogP contribution in [0.5, 0.6) is 0 Å². The van der Waals surface area contributed by atoms with Gasteiger partial charge in [-0.15, -0.1) is 0 Å². The van der Waals surface area contributed by atoms with Crippen LogP contribution in [-0.4, -0.2) is 0 Å². The molecule has 0 heterocycles. The SMILES string of the molecule is Cc1c(Br)cccc1NCc1c(F)ccc(Br)c1F. The Morgan fingerprint density at radius 3 is 2.53 bits per heavy atom. The second kappa shape index (κ2) is 6.01. The molecule has 0 unspecified atom stereocenters. The van der Waals surface area contributed by atoms with Crippen LogP contribution in [0.4, 0.5) is 14.5 Å². The standard InChI is InChI=1S/C14H11Br2F2N/c1-8-10(15)3-2-4-13(8)19-7-9-12(17)6-5-11(16)14(9)18/h2-6,19H,7H2,1H3. The van der Waals surface area contributed by atoms with E-state index < -0.39 is 11.6 Å². The van der Waals surface area contributed by atoms with Crippen LogP contribution in [0.15, 0.2) is 39.3 Å². The fourth-order valence-corrected chi connectivity index (χ4v) is 2.45. The van der Waals surface area contributed by atoms with E-state index in [1.165, 1.54) is 12.1 Å². The van der Waals surface area contributed by atoms with Crippen LogP contribution in [0, 0.1) is 18.6 Å². The lowest BCUT2D eigenvalue weighted by Gasteiger charge is -2.12. The monoisotopic (exact) mass is 389 g/mol. The maximum Gasteiger partial charge on any atom is 0.145 e. The van der Waals surface area contributed by atoms with Gasteiger partial charge in [-0.05, 0) is 52.7 Å². The van der Waals surface area contributed by atoms with Gasteiger partial charge in [0.25, 0.3) is 0 Å². The average Bonchev–Trinajstić information content (AvgIpc) is 2.39. The van der Waals surface area contributed by atoms with Crippen LogP contribution in [0.1, 0.15) is 11.1 Å². The van der Waals surface area contributed by atoms with Crippen molar-refractivity contribution in [1.29, 1.82) is 0 Å². The quantitative estimate of drug-likeness (QED) is 0.691. The van der Waals surface area contributed by atoms with Crippen molar-refractivity contribution >= 4 is 37.5 Å². The van der Waals surface area contributed by atoms with Gasteiger partial charge >= 0.3 is 0 Å². The molecule has 0 saturated heterocycles. The van der Waals surface area contributed by atoms with Gasteiger partial charge in [0.2, 0.25) is 0 Å². The maximum absolute atomic E-state index is 13.8. The highest BCUT2D eigenvalue weighted by Gasteiger charge is 2.12. The molecular weight excluding hydrogens is 380 g/mol. The topological polar surface area (TPSA) is 12.0 Å². The molecule has 0 spiro atoms. The van der Waals surface area contributed by atoms with Crippen molar-refractivity contribution in [3.8, 4) is 0 Å². The van der Waals surface area contributed by atoms with Crippen molar-refractivity contribution in [2.45, 2.75) is 13.5 Å². The number of anilines is 1. The van der Waals surface area contributed by atoms with Crippen LogP contribution in [-0.2, 0) is 6.54 Å². The Labute approximate surface area is 127 Å². The van der Waals surface area contributed by atoms with Gasteiger partial charge in [0.15, 0.2) is 0 Å². The molecule has 1 N–H and O–H groups in total. The van der Waals surface area contributed by atoms with E-state index in [1.807, 2.05) is 25.1 Å². The van der Waals surface area contributed by atoms with E-state index in [-0.39, 0.29) is 16.6 Å². The molecule has 0 aromatic heterocycles. The third-order valence-corrected chi connectivity index (χ3v) is 4.33. The van der Waals surface area contributed by atoms with Gasteiger partial charge in [0.1, 0.15) is 11.6 Å². The summed E-state index contributed by atoms with van der Waals surface area (Å²) in [5, 5.41) is 3.05. The molecule has 0 aliphatic rings. The Bertz CT molecular complexity index is 615. The van der Waals surface area contributed by atoms with E-state index in [9.17, 15) is 8.78 Å². The summed E-state index contributed by atoms with van der Waals surface area (Å²) < 4.78 is 28.6. The van der Waals surface area contributed by atoms with Crippen molar-refractivity contribution in [3.63, 3.8) is 0 Å². The Hall–Kier alpha value is -0.940. The van der Waals surface area contributed by atoms with Crippen molar-refractivity contribution in [2.24, 2.45) is 0 Å². The second-order valence-electron chi connectivity index (χ2n) is 4.09. The summed E-state index contributed by atoms with van der Waals surface area (Å²) in [4.78, 5) is 0. The van der Waals surface area contributed by atoms with Crippen molar-refractivity contribution < 1.29 is 8.78 Å². The highest BCUT2D eigenvalue weighted by Crippen LogP contribution is 2.26. The van der Waals surface area contributed by atoms with Crippen molar-refractivity contribution in [3.05, 3.63) is 62.0 Å². The number of halogens is 4. The summed E-state index contributed by atoms with van der Waals surface area (Å²) >= 11 is 6.47. The lowest BCUT2D eigenvalue weighted by atomic mass is 10.1. The molecule has 0 aliphatic heterocycles. The van der Waals surface area contributed by atoms with Gasteiger partial charge in [-0.2, -0.15) is 0 Å². The molecule has 0 aliphatic carbocycles. The first-order valence-electron chi connectivity index (χ1n) is 5.62. The van der Waals surface area contributed by atoms with Crippen LogP contribution in [0.2, 0.25) is 0 Å². The molecule has 100 valence electrons. The number of hydrogen-bond donors (Lipinski definition) is 1. The summed E-state index contributed by atoms with van der Waals surface area (Å²) in [6.07, 6.45) is 0. The number of hydrogen-bond acceptors (Lipinski definition) is 1. The molecule has 2 aromatic rings. The van der Waals surface area contributed by atoms with Gasteiger partial charge < -0.3 is 5.32 Å². The molecule has 19 heavy (non-hydrogen) atoms. The largest absolute Gasteiger partial charge is 0.380 e. The minimum atomic E-state index is -0.569. The van der Waals surface area contributed by atoms with E-state index in [1.54, 1.807) is 0 Å². The van der Waals surface area contributed by atoms with E-state index in [0.29, 0.717) is 0 Å². The molecule has 2 aromatic carbocycles. The molecule has 0 radical (unpaired) electrons. The zero-order valence-corrected chi connectivity index (χ0v) is 13.3. The molecule has 0 fully saturated rings. The third kappa shape index (κ3) is 3.15. The number of nitrogens with one attached hydrogen (secondary N) is 1. The fraction of sp³-hybridized carbons (Fsp3) is 0.143. The summed E-state index contributed by atoms with van der Waals surface area (Å²) in [6, 6.07) is 8.26. The molecule has 2 rings (SSSR count). The Morgan fingerprint density at radius 1 is 1.05 bits per heavy atom. The third-order valence-electron chi connectivity index (χ3n) is 2.86. The zero-order valence-electron chi connectivity index (χ0n) is 10.1. The fourth-order valence-electron chi connectivity index (χ4n) is 1.71. The predicted octanol–water partition coefficient (Wildman–Crippen LogP) is 5.41. The van der Waals surface area contributed by atoms with Crippen molar-refractivity contribution in [2.75, 3.05) is 5.32 Å². The summed E-state index contributed by atoms with van der Waals surface area (Å²) in [7, 11) is 0. The Kier molecular flexibility index (Phi) is 4.58. The van der Waals surface area contributed by atoms with E-state index in [2.05, 4.69) is 37.2 Å². The second-order valence-corrected chi connectivity index (χ2v) is 5.80. The summed E-state index contributed by atoms with van der Waals surface area (Å²) in [6.45, 7) is 2.02. The predicted molar refractivity (Wildman–Crippen MR) is 80.3 cm³/mol. The zero-order chi connectivity index (χ0) is 14.0. The Morgan fingerprint density at radius 2 is 1.79 bits per heavy atom. The van der Waals surface area contributed by atoms with Gasteiger partial charge in [-0.25, -0.2) is 8.78 Å². The van der Waals surface area contributed by atoms with Gasteiger partial charge in [-0.1, -0.05) is 22.0 Å². The van der Waals surface area contributed by atoms with Crippen molar-refractivity contribution in [1.82, 2.24) is 0 Å². The highest BCUT2D eigenvalue weighted by molar-refractivity contribution is 9.10. The first kappa shape index (κ1) is 14.5. The molecule has 1 nitrogen and oxygen atoms in total. The number of benzene rings is 2. The normalized spacial score (nSPS) is 10.6. The van der Waals surface area contributed by atoms with Gasteiger partial charge in [0.05, 0.1) is 4.47 Å². The van der Waals surface area contributed by atoms with E-state index in [0.717, 1.165) is 15.7 Å².